The third-order valence-corrected chi connectivity index (χ3v) is 7.73. The summed E-state index contributed by atoms with van der Waals surface area (Å²) < 4.78 is 10.4. The second-order valence-corrected chi connectivity index (χ2v) is 9.17. The molecule has 1 N–H and O–H groups in total. The van der Waals surface area contributed by atoms with E-state index in [2.05, 4.69) is 5.32 Å². The first-order chi connectivity index (χ1) is 15.9. The van der Waals surface area contributed by atoms with E-state index in [0.717, 1.165) is 5.56 Å². The number of thioether (sulfide) groups is 1. The van der Waals surface area contributed by atoms with E-state index in [-0.39, 0.29) is 36.2 Å². The smallest absolute Gasteiger partial charge is 0.276 e. The van der Waals surface area contributed by atoms with Crippen LogP contribution in [0.25, 0.3) is 0 Å². The van der Waals surface area contributed by atoms with Crippen molar-refractivity contribution in [3.63, 3.8) is 0 Å². The Balaban J connectivity index is 1.47. The van der Waals surface area contributed by atoms with Crippen LogP contribution in [0.2, 0.25) is 0 Å². The Morgan fingerprint density at radius 3 is 2.61 bits per heavy atom. The van der Waals surface area contributed by atoms with Crippen molar-refractivity contribution < 1.29 is 24.0 Å². The molecule has 2 amide bonds. The number of fused-ring (bicyclic) bond motifs is 1. The van der Waals surface area contributed by atoms with Crippen molar-refractivity contribution in [2.24, 2.45) is 0 Å². The number of carbonyl (C=O) groups excluding carboxylic acids is 2. The zero-order valence-corrected chi connectivity index (χ0v) is 19.2. The zero-order valence-electron chi connectivity index (χ0n) is 18.4. The van der Waals surface area contributed by atoms with Crippen molar-refractivity contribution in [3.05, 3.63) is 63.7 Å². The molecule has 2 saturated heterocycles. The van der Waals surface area contributed by atoms with E-state index in [9.17, 15) is 19.7 Å². The average Bonchev–Trinajstić information content (AvgIpc) is 3.38. The van der Waals surface area contributed by atoms with Crippen LogP contribution in [0.5, 0.6) is 11.5 Å². The topological polar surface area (TPSA) is 111 Å². The van der Waals surface area contributed by atoms with Crippen LogP contribution in [0.1, 0.15) is 24.0 Å². The molecule has 0 aromatic heterocycles. The summed E-state index contributed by atoms with van der Waals surface area (Å²) >= 11 is 1.62. The van der Waals surface area contributed by atoms with Crippen molar-refractivity contribution in [3.8, 4) is 11.5 Å². The van der Waals surface area contributed by atoms with Gasteiger partial charge in [-0.05, 0) is 24.5 Å². The van der Waals surface area contributed by atoms with Gasteiger partial charge >= 0.3 is 0 Å². The quantitative estimate of drug-likeness (QED) is 0.465. The second-order valence-electron chi connectivity index (χ2n) is 7.87. The molecule has 0 bridgehead atoms. The number of methoxy groups -OCH3 is 2. The number of rotatable bonds is 8. The van der Waals surface area contributed by atoms with Gasteiger partial charge in [-0.25, -0.2) is 0 Å². The highest BCUT2D eigenvalue weighted by molar-refractivity contribution is 8.00. The fourth-order valence-corrected chi connectivity index (χ4v) is 6.21. The van der Waals surface area contributed by atoms with Gasteiger partial charge in [0, 0.05) is 24.3 Å². The first kappa shape index (κ1) is 22.9. The van der Waals surface area contributed by atoms with E-state index in [4.69, 9.17) is 9.47 Å². The van der Waals surface area contributed by atoms with Crippen LogP contribution in [0.3, 0.4) is 0 Å². The predicted octanol–water partition coefficient (Wildman–Crippen LogP) is 2.86. The molecule has 4 rings (SSSR count). The van der Waals surface area contributed by atoms with Gasteiger partial charge in [0.2, 0.25) is 11.8 Å². The minimum absolute atomic E-state index is 0.0282. The molecule has 10 heteroatoms. The highest BCUT2D eigenvalue weighted by atomic mass is 32.2. The first-order valence-electron chi connectivity index (χ1n) is 10.6. The summed E-state index contributed by atoms with van der Waals surface area (Å²) in [5.41, 5.74) is 1.35. The van der Waals surface area contributed by atoms with Gasteiger partial charge in [-0.1, -0.05) is 30.3 Å². The molecule has 174 valence electrons. The van der Waals surface area contributed by atoms with Gasteiger partial charge in [0.15, 0.2) is 11.5 Å². The standard InChI is InChI=1S/C23H25N3O6S/c1-31-19-12-15(17(26(29)30)13-20(19)32-2)9-11-24-22(28)18-14-33-23(10-8-21(27)25(18)23)16-6-4-3-5-7-16/h3-7,12-13,18H,8-11,14H2,1-2H3,(H,24,28)/t18-,23-/m0/s1. The summed E-state index contributed by atoms with van der Waals surface area (Å²) in [5, 5.41) is 14.4. The Morgan fingerprint density at radius 1 is 1.24 bits per heavy atom. The average molecular weight is 472 g/mol. The number of nitro groups is 1. The molecule has 0 spiro atoms. The summed E-state index contributed by atoms with van der Waals surface area (Å²) in [6, 6.07) is 12.1. The number of nitrogens with zero attached hydrogens (tertiary/aromatic N) is 2. The monoisotopic (exact) mass is 471 g/mol. The van der Waals surface area contributed by atoms with Crippen LogP contribution in [0.4, 0.5) is 5.69 Å². The Morgan fingerprint density at radius 2 is 1.94 bits per heavy atom. The lowest BCUT2D eigenvalue weighted by Gasteiger charge is -2.34. The lowest BCUT2D eigenvalue weighted by atomic mass is 10.0. The summed E-state index contributed by atoms with van der Waals surface area (Å²) in [5.74, 6) is 0.873. The van der Waals surface area contributed by atoms with Crippen molar-refractivity contribution in [1.29, 1.82) is 0 Å². The van der Waals surface area contributed by atoms with Gasteiger partial charge in [0.25, 0.3) is 5.69 Å². The lowest BCUT2D eigenvalue weighted by molar-refractivity contribution is -0.385. The van der Waals surface area contributed by atoms with E-state index >= 15 is 0 Å². The van der Waals surface area contributed by atoms with Gasteiger partial charge in [0.05, 0.1) is 25.2 Å². The third kappa shape index (κ3) is 4.10. The van der Waals surface area contributed by atoms with Crippen LogP contribution in [-0.2, 0) is 20.9 Å². The molecule has 2 aromatic rings. The maximum Gasteiger partial charge on any atom is 0.276 e. The molecule has 2 atom stereocenters. The molecule has 2 aliphatic heterocycles. The van der Waals surface area contributed by atoms with Crippen molar-refractivity contribution in [1.82, 2.24) is 10.2 Å². The molecule has 0 aliphatic carbocycles. The van der Waals surface area contributed by atoms with Crippen molar-refractivity contribution in [2.45, 2.75) is 30.2 Å². The molecule has 2 aliphatic rings. The molecule has 2 fully saturated rings. The summed E-state index contributed by atoms with van der Waals surface area (Å²) in [6.07, 6.45) is 1.31. The van der Waals surface area contributed by atoms with Crippen LogP contribution >= 0.6 is 11.8 Å². The molecule has 0 unspecified atom stereocenters. The largest absolute Gasteiger partial charge is 0.493 e. The summed E-state index contributed by atoms with van der Waals surface area (Å²) in [4.78, 5) is 38.0. The van der Waals surface area contributed by atoms with Crippen LogP contribution in [0, 0.1) is 10.1 Å². The van der Waals surface area contributed by atoms with E-state index in [0.29, 0.717) is 29.9 Å². The summed E-state index contributed by atoms with van der Waals surface area (Å²) in [6.45, 7) is 0.191. The fourth-order valence-electron chi connectivity index (χ4n) is 4.55. The molecule has 9 nitrogen and oxygen atoms in total. The van der Waals surface area contributed by atoms with Crippen LogP contribution in [-0.4, -0.2) is 54.2 Å². The molecular formula is C23H25N3O6S. The number of amides is 2. The van der Waals surface area contributed by atoms with Gasteiger partial charge < -0.3 is 19.7 Å². The minimum atomic E-state index is -0.578. The van der Waals surface area contributed by atoms with Crippen LogP contribution < -0.4 is 14.8 Å². The molecular weight excluding hydrogens is 446 g/mol. The van der Waals surface area contributed by atoms with Gasteiger partial charge in [-0.3, -0.25) is 19.7 Å². The maximum atomic E-state index is 13.0. The highest BCUT2D eigenvalue weighted by Gasteiger charge is 2.56. The Kier molecular flexibility index (Phi) is 6.46. The van der Waals surface area contributed by atoms with Crippen molar-refractivity contribution >= 4 is 29.3 Å². The normalized spacial score (nSPS) is 21.6. The molecule has 0 radical (unpaired) electrons. The van der Waals surface area contributed by atoms with Gasteiger partial charge in [-0.2, -0.15) is 0 Å². The van der Waals surface area contributed by atoms with Crippen LogP contribution in [0.15, 0.2) is 42.5 Å². The number of nitrogens with one attached hydrogen (secondary N) is 1. The SMILES string of the molecule is COc1cc(CCNC(=O)[C@@H]2CS[C@]3(c4ccccc4)CCC(=O)N23)c([N+](=O)[O-])cc1OC. The van der Waals surface area contributed by atoms with Gasteiger partial charge in [0.1, 0.15) is 10.9 Å². The minimum Gasteiger partial charge on any atom is -0.493 e. The Labute approximate surface area is 195 Å². The van der Waals surface area contributed by atoms with E-state index < -0.39 is 15.8 Å². The highest BCUT2D eigenvalue weighted by Crippen LogP contribution is 2.54. The van der Waals surface area contributed by atoms with E-state index in [1.165, 1.54) is 20.3 Å². The van der Waals surface area contributed by atoms with E-state index in [1.807, 2.05) is 30.3 Å². The number of ether oxygens (including phenoxy) is 2. The first-order valence-corrected chi connectivity index (χ1v) is 11.6. The zero-order chi connectivity index (χ0) is 23.6. The predicted molar refractivity (Wildman–Crippen MR) is 123 cm³/mol. The number of hydrogen-bond donors (Lipinski definition) is 1. The Bertz CT molecular complexity index is 1080. The van der Waals surface area contributed by atoms with Gasteiger partial charge in [-0.15, -0.1) is 11.8 Å². The number of nitro benzene ring substituents is 1. The fraction of sp³-hybridized carbons (Fsp3) is 0.391. The van der Waals surface area contributed by atoms with E-state index in [1.54, 1.807) is 22.7 Å². The number of hydrogen-bond acceptors (Lipinski definition) is 7. The molecule has 2 heterocycles. The number of carbonyl (C=O) groups is 2. The molecule has 0 saturated carbocycles. The second kappa shape index (κ2) is 9.30. The maximum absolute atomic E-state index is 13.0. The lowest BCUT2D eigenvalue weighted by Crippen LogP contribution is -2.50. The summed E-state index contributed by atoms with van der Waals surface area (Å²) in [7, 11) is 2.87. The Hall–Kier alpha value is -3.27. The van der Waals surface area contributed by atoms with Crippen molar-refractivity contribution in [2.75, 3.05) is 26.5 Å². The third-order valence-electron chi connectivity index (χ3n) is 6.13. The molecule has 33 heavy (non-hydrogen) atoms. The number of benzene rings is 2. The molecule has 2 aromatic carbocycles.